The van der Waals surface area contributed by atoms with Crippen LogP contribution in [-0.2, 0) is 0 Å². The molecule has 0 bridgehead atoms. The first-order valence-corrected chi connectivity index (χ1v) is 7.20. The van der Waals surface area contributed by atoms with E-state index in [0.29, 0.717) is 13.2 Å². The summed E-state index contributed by atoms with van der Waals surface area (Å²) in [5.41, 5.74) is 0.142. The molecule has 0 saturated carbocycles. The molecule has 0 fully saturated rings. The second kappa shape index (κ2) is 8.12. The van der Waals surface area contributed by atoms with Gasteiger partial charge in [-0.2, -0.15) is 0 Å². The number of nitrogens with one attached hydrogen (secondary N) is 1. The third-order valence-electron chi connectivity index (χ3n) is 3.45. The van der Waals surface area contributed by atoms with Crippen molar-refractivity contribution in [3.63, 3.8) is 0 Å². The van der Waals surface area contributed by atoms with Crippen LogP contribution in [0.5, 0.6) is 11.5 Å². The molecular formula is C16H28N2O2. The maximum absolute atomic E-state index is 5.76. The summed E-state index contributed by atoms with van der Waals surface area (Å²) < 4.78 is 11.3. The summed E-state index contributed by atoms with van der Waals surface area (Å²) in [6.45, 7) is 9.43. The molecule has 4 nitrogen and oxygen atoms in total. The minimum absolute atomic E-state index is 0.142. The number of hydrogen-bond acceptors (Lipinski definition) is 4. The lowest BCUT2D eigenvalue weighted by atomic mass is 10.0. The van der Waals surface area contributed by atoms with E-state index in [1.54, 1.807) is 0 Å². The molecule has 1 aromatic carbocycles. The number of benzene rings is 1. The lowest BCUT2D eigenvalue weighted by Crippen LogP contribution is -2.47. The zero-order valence-electron chi connectivity index (χ0n) is 13.4. The summed E-state index contributed by atoms with van der Waals surface area (Å²) in [5.74, 6) is 1.62. The third-order valence-corrected chi connectivity index (χ3v) is 3.45. The van der Waals surface area contributed by atoms with Crippen LogP contribution >= 0.6 is 0 Å². The SMILES string of the molecule is CCOc1ccccc1OCCNCC(C)(C)N(C)C. The molecule has 1 rings (SSSR count). The van der Waals surface area contributed by atoms with Crippen LogP contribution in [0, 0.1) is 0 Å². The van der Waals surface area contributed by atoms with Gasteiger partial charge in [0.1, 0.15) is 6.61 Å². The van der Waals surface area contributed by atoms with Crippen molar-refractivity contribution in [1.29, 1.82) is 0 Å². The number of para-hydroxylation sites is 2. The van der Waals surface area contributed by atoms with E-state index in [2.05, 4.69) is 38.2 Å². The number of likely N-dealkylation sites (N-methyl/N-ethyl adjacent to an activating group) is 1. The van der Waals surface area contributed by atoms with Gasteiger partial charge in [0.05, 0.1) is 6.61 Å². The van der Waals surface area contributed by atoms with Gasteiger partial charge in [-0.3, -0.25) is 0 Å². The van der Waals surface area contributed by atoms with Gasteiger partial charge >= 0.3 is 0 Å². The molecule has 0 radical (unpaired) electrons. The van der Waals surface area contributed by atoms with Gasteiger partial charge in [0.15, 0.2) is 11.5 Å². The molecular weight excluding hydrogens is 252 g/mol. The van der Waals surface area contributed by atoms with Gasteiger partial charge in [0.25, 0.3) is 0 Å². The highest BCUT2D eigenvalue weighted by molar-refractivity contribution is 5.39. The van der Waals surface area contributed by atoms with Crippen molar-refractivity contribution in [1.82, 2.24) is 10.2 Å². The van der Waals surface area contributed by atoms with Gasteiger partial charge in [0, 0.05) is 18.6 Å². The van der Waals surface area contributed by atoms with E-state index < -0.39 is 0 Å². The number of rotatable bonds is 9. The minimum atomic E-state index is 0.142. The summed E-state index contributed by atoms with van der Waals surface area (Å²) in [4.78, 5) is 2.21. The van der Waals surface area contributed by atoms with Crippen LogP contribution in [0.1, 0.15) is 20.8 Å². The predicted molar refractivity (Wildman–Crippen MR) is 83.7 cm³/mol. The lowest BCUT2D eigenvalue weighted by molar-refractivity contribution is 0.185. The monoisotopic (exact) mass is 280 g/mol. The molecule has 0 aliphatic carbocycles. The Hall–Kier alpha value is -1.26. The fourth-order valence-electron chi connectivity index (χ4n) is 1.63. The highest BCUT2D eigenvalue weighted by Gasteiger charge is 2.19. The molecule has 1 N–H and O–H groups in total. The number of hydrogen-bond donors (Lipinski definition) is 1. The van der Waals surface area contributed by atoms with Gasteiger partial charge in [-0.1, -0.05) is 12.1 Å². The highest BCUT2D eigenvalue weighted by Crippen LogP contribution is 2.26. The van der Waals surface area contributed by atoms with E-state index in [-0.39, 0.29) is 5.54 Å². The first kappa shape index (κ1) is 16.8. The zero-order valence-corrected chi connectivity index (χ0v) is 13.4. The summed E-state index contributed by atoms with van der Waals surface area (Å²) in [6, 6.07) is 7.78. The largest absolute Gasteiger partial charge is 0.490 e. The Kier molecular flexibility index (Phi) is 6.82. The van der Waals surface area contributed by atoms with Crippen molar-refractivity contribution >= 4 is 0 Å². The second-order valence-corrected chi connectivity index (χ2v) is 5.61. The molecule has 4 heteroatoms. The van der Waals surface area contributed by atoms with E-state index in [1.807, 2.05) is 31.2 Å². The Balaban J connectivity index is 2.31. The quantitative estimate of drug-likeness (QED) is 0.704. The third kappa shape index (κ3) is 5.39. The van der Waals surface area contributed by atoms with E-state index in [0.717, 1.165) is 24.6 Å². The fraction of sp³-hybridized carbons (Fsp3) is 0.625. The minimum Gasteiger partial charge on any atom is -0.490 e. The van der Waals surface area contributed by atoms with Crippen molar-refractivity contribution in [3.8, 4) is 11.5 Å². The van der Waals surface area contributed by atoms with E-state index in [9.17, 15) is 0 Å². The van der Waals surface area contributed by atoms with Gasteiger partial charge in [-0.15, -0.1) is 0 Å². The van der Waals surface area contributed by atoms with Crippen molar-refractivity contribution in [3.05, 3.63) is 24.3 Å². The van der Waals surface area contributed by atoms with E-state index >= 15 is 0 Å². The first-order chi connectivity index (χ1) is 9.47. The number of ether oxygens (including phenoxy) is 2. The maximum atomic E-state index is 5.76. The van der Waals surface area contributed by atoms with Crippen LogP contribution in [0.4, 0.5) is 0 Å². The molecule has 0 aromatic heterocycles. The molecule has 0 aliphatic heterocycles. The summed E-state index contributed by atoms with van der Waals surface area (Å²) in [5, 5.41) is 3.42. The van der Waals surface area contributed by atoms with Gasteiger partial charge in [0.2, 0.25) is 0 Å². The average molecular weight is 280 g/mol. The molecule has 0 aliphatic rings. The lowest BCUT2D eigenvalue weighted by Gasteiger charge is -2.32. The van der Waals surface area contributed by atoms with Crippen LogP contribution in [0.2, 0.25) is 0 Å². The topological polar surface area (TPSA) is 33.7 Å². The zero-order chi connectivity index (χ0) is 15.0. The second-order valence-electron chi connectivity index (χ2n) is 5.61. The highest BCUT2D eigenvalue weighted by atomic mass is 16.5. The smallest absolute Gasteiger partial charge is 0.161 e. The van der Waals surface area contributed by atoms with Crippen LogP contribution in [0.15, 0.2) is 24.3 Å². The Bertz CT molecular complexity index is 392. The van der Waals surface area contributed by atoms with E-state index in [4.69, 9.17) is 9.47 Å². The Morgan fingerprint density at radius 3 is 2.25 bits per heavy atom. The molecule has 0 heterocycles. The first-order valence-electron chi connectivity index (χ1n) is 7.20. The summed E-state index contributed by atoms with van der Waals surface area (Å²) in [6.07, 6.45) is 0. The standard InChI is InChI=1S/C16H28N2O2/c1-6-19-14-9-7-8-10-15(14)20-12-11-17-13-16(2,3)18(4)5/h7-10,17H,6,11-13H2,1-5H3. The number of nitrogens with zero attached hydrogens (tertiary/aromatic N) is 1. The molecule has 114 valence electrons. The van der Waals surface area contributed by atoms with Gasteiger partial charge in [-0.25, -0.2) is 0 Å². The maximum Gasteiger partial charge on any atom is 0.161 e. The molecule has 0 amide bonds. The molecule has 0 spiro atoms. The average Bonchev–Trinajstić information content (AvgIpc) is 2.40. The van der Waals surface area contributed by atoms with Crippen LogP contribution in [0.25, 0.3) is 0 Å². The van der Waals surface area contributed by atoms with Gasteiger partial charge in [-0.05, 0) is 47.0 Å². The fourth-order valence-corrected chi connectivity index (χ4v) is 1.63. The van der Waals surface area contributed by atoms with Crippen LogP contribution in [-0.4, -0.2) is 50.8 Å². The molecule has 0 unspecified atom stereocenters. The Labute approximate surface area is 123 Å². The van der Waals surface area contributed by atoms with Crippen molar-refractivity contribution in [2.45, 2.75) is 26.3 Å². The Morgan fingerprint density at radius 1 is 1.10 bits per heavy atom. The molecule has 1 aromatic rings. The predicted octanol–water partition coefficient (Wildman–Crippen LogP) is 2.39. The Morgan fingerprint density at radius 2 is 1.70 bits per heavy atom. The molecule has 20 heavy (non-hydrogen) atoms. The van der Waals surface area contributed by atoms with Crippen molar-refractivity contribution < 1.29 is 9.47 Å². The molecule has 0 atom stereocenters. The van der Waals surface area contributed by atoms with Crippen LogP contribution in [0.3, 0.4) is 0 Å². The normalized spacial score (nSPS) is 11.7. The van der Waals surface area contributed by atoms with E-state index in [1.165, 1.54) is 0 Å². The van der Waals surface area contributed by atoms with Crippen LogP contribution < -0.4 is 14.8 Å². The van der Waals surface area contributed by atoms with Crippen molar-refractivity contribution in [2.75, 3.05) is 40.4 Å². The molecule has 0 saturated heterocycles. The van der Waals surface area contributed by atoms with Gasteiger partial charge < -0.3 is 19.7 Å². The summed E-state index contributed by atoms with van der Waals surface area (Å²) in [7, 11) is 4.19. The van der Waals surface area contributed by atoms with Crippen molar-refractivity contribution in [2.24, 2.45) is 0 Å². The summed E-state index contributed by atoms with van der Waals surface area (Å²) >= 11 is 0.